The summed E-state index contributed by atoms with van der Waals surface area (Å²) in [6.45, 7) is 8.27. The smallest absolute Gasteiger partial charge is 0.241 e. The van der Waals surface area contributed by atoms with Gasteiger partial charge in [-0.25, -0.2) is 0 Å². The normalized spacial score (nSPS) is 12.6. The number of nitrogens with zero attached hydrogens (tertiary/aromatic N) is 4. The van der Waals surface area contributed by atoms with Gasteiger partial charge in [-0.3, -0.25) is 9.89 Å². The second-order valence-corrected chi connectivity index (χ2v) is 5.61. The molecule has 0 aliphatic rings. The first-order valence-electron chi connectivity index (χ1n) is 7.35. The van der Waals surface area contributed by atoms with Crippen molar-refractivity contribution in [2.75, 3.05) is 6.54 Å². The molecule has 0 saturated carbocycles. The molecular formula is C14H23N7O. The van der Waals surface area contributed by atoms with Gasteiger partial charge in [0.15, 0.2) is 0 Å². The van der Waals surface area contributed by atoms with Crippen molar-refractivity contribution < 1.29 is 4.79 Å². The fourth-order valence-corrected chi connectivity index (χ4v) is 2.43. The van der Waals surface area contributed by atoms with Gasteiger partial charge < -0.3 is 15.6 Å². The van der Waals surface area contributed by atoms with Crippen LogP contribution in [0.15, 0.2) is 6.33 Å². The van der Waals surface area contributed by atoms with E-state index in [0.717, 1.165) is 22.8 Å². The number of amides is 1. The average molecular weight is 305 g/mol. The van der Waals surface area contributed by atoms with E-state index in [9.17, 15) is 4.79 Å². The van der Waals surface area contributed by atoms with E-state index >= 15 is 0 Å². The number of carbonyl (C=O) groups excluding carboxylic acids is 1. The third-order valence-electron chi connectivity index (χ3n) is 3.63. The van der Waals surface area contributed by atoms with Crippen molar-refractivity contribution in [1.29, 1.82) is 0 Å². The molecule has 0 unspecified atom stereocenters. The largest absolute Gasteiger partial charge is 0.354 e. The number of aromatic amines is 1. The Morgan fingerprint density at radius 1 is 1.45 bits per heavy atom. The number of hydrogen-bond donors (Lipinski definition) is 3. The molecule has 2 aromatic heterocycles. The summed E-state index contributed by atoms with van der Waals surface area (Å²) in [5.74, 6) is 0.628. The van der Waals surface area contributed by atoms with Gasteiger partial charge in [-0.1, -0.05) is 0 Å². The van der Waals surface area contributed by atoms with Gasteiger partial charge in [0.1, 0.15) is 18.2 Å². The standard InChI is InChI=1S/C14H23N7O/c1-8(2)21-7-17-20-11(21)5-6-16-14(22)13(15)12-9(3)18-19-10(12)4/h7-8,13H,5-6,15H2,1-4H3,(H,16,22)(H,18,19)/t13-/m0/s1. The van der Waals surface area contributed by atoms with Gasteiger partial charge in [0.25, 0.3) is 0 Å². The first kappa shape index (κ1) is 16.2. The molecule has 8 nitrogen and oxygen atoms in total. The third-order valence-corrected chi connectivity index (χ3v) is 3.63. The van der Waals surface area contributed by atoms with E-state index < -0.39 is 6.04 Å². The molecule has 1 amide bonds. The summed E-state index contributed by atoms with van der Waals surface area (Å²) in [6.07, 6.45) is 2.31. The Kier molecular flexibility index (Phi) is 4.92. The van der Waals surface area contributed by atoms with Crippen molar-refractivity contribution in [3.05, 3.63) is 29.1 Å². The van der Waals surface area contributed by atoms with E-state index in [-0.39, 0.29) is 5.91 Å². The van der Waals surface area contributed by atoms with E-state index in [1.807, 2.05) is 18.4 Å². The minimum atomic E-state index is -0.721. The number of aromatic nitrogens is 5. The highest BCUT2D eigenvalue weighted by atomic mass is 16.2. The first-order chi connectivity index (χ1) is 10.4. The van der Waals surface area contributed by atoms with E-state index in [2.05, 4.69) is 39.6 Å². The van der Waals surface area contributed by atoms with E-state index in [1.54, 1.807) is 6.33 Å². The monoisotopic (exact) mass is 305 g/mol. The second kappa shape index (κ2) is 6.69. The predicted octanol–water partition coefficient (Wildman–Crippen LogP) is 0.558. The summed E-state index contributed by atoms with van der Waals surface area (Å²) in [5, 5.41) is 17.7. The molecule has 0 aromatic carbocycles. The van der Waals surface area contributed by atoms with Gasteiger partial charge in [0, 0.05) is 30.3 Å². The summed E-state index contributed by atoms with van der Waals surface area (Å²) >= 11 is 0. The Morgan fingerprint density at radius 3 is 2.77 bits per heavy atom. The van der Waals surface area contributed by atoms with Crippen molar-refractivity contribution in [3.8, 4) is 0 Å². The van der Waals surface area contributed by atoms with Crippen molar-refractivity contribution in [3.63, 3.8) is 0 Å². The minimum Gasteiger partial charge on any atom is -0.354 e. The highest BCUT2D eigenvalue weighted by Gasteiger charge is 2.21. The summed E-state index contributed by atoms with van der Waals surface area (Å²) in [5.41, 5.74) is 8.34. The number of rotatable bonds is 6. The summed E-state index contributed by atoms with van der Waals surface area (Å²) < 4.78 is 1.98. The molecule has 0 spiro atoms. The van der Waals surface area contributed by atoms with Crippen LogP contribution in [0.4, 0.5) is 0 Å². The van der Waals surface area contributed by atoms with Crippen LogP contribution in [0.2, 0.25) is 0 Å². The highest BCUT2D eigenvalue weighted by molar-refractivity contribution is 5.83. The Balaban J connectivity index is 1.92. The Hall–Kier alpha value is -2.22. The fourth-order valence-electron chi connectivity index (χ4n) is 2.43. The quantitative estimate of drug-likeness (QED) is 0.721. The van der Waals surface area contributed by atoms with Gasteiger partial charge in [-0.05, 0) is 27.7 Å². The average Bonchev–Trinajstić information content (AvgIpc) is 3.05. The molecule has 0 aliphatic carbocycles. The first-order valence-corrected chi connectivity index (χ1v) is 7.35. The lowest BCUT2D eigenvalue weighted by Crippen LogP contribution is -2.36. The lowest BCUT2D eigenvalue weighted by atomic mass is 10.1. The zero-order chi connectivity index (χ0) is 16.3. The van der Waals surface area contributed by atoms with Crippen LogP contribution < -0.4 is 11.1 Å². The number of nitrogens with one attached hydrogen (secondary N) is 2. The lowest BCUT2D eigenvalue weighted by molar-refractivity contribution is -0.122. The molecule has 0 radical (unpaired) electrons. The second-order valence-electron chi connectivity index (χ2n) is 5.61. The van der Waals surface area contributed by atoms with E-state index in [1.165, 1.54) is 0 Å². The van der Waals surface area contributed by atoms with Gasteiger partial charge in [-0.2, -0.15) is 5.10 Å². The number of carbonyl (C=O) groups is 1. The molecule has 1 atom stereocenters. The Morgan fingerprint density at radius 2 is 2.18 bits per heavy atom. The van der Waals surface area contributed by atoms with Crippen LogP contribution in [0.25, 0.3) is 0 Å². The topological polar surface area (TPSA) is 115 Å². The van der Waals surface area contributed by atoms with E-state index in [0.29, 0.717) is 19.0 Å². The van der Waals surface area contributed by atoms with Crippen LogP contribution in [-0.4, -0.2) is 37.4 Å². The molecule has 2 aromatic rings. The van der Waals surface area contributed by atoms with Crippen LogP contribution in [0.5, 0.6) is 0 Å². The van der Waals surface area contributed by atoms with Crippen LogP contribution in [0, 0.1) is 13.8 Å². The molecule has 0 fully saturated rings. The Labute approximate surface area is 129 Å². The van der Waals surface area contributed by atoms with Crippen molar-refractivity contribution in [2.24, 2.45) is 5.73 Å². The molecule has 120 valence electrons. The third kappa shape index (κ3) is 3.33. The molecule has 2 heterocycles. The summed E-state index contributed by atoms with van der Waals surface area (Å²) in [4.78, 5) is 12.2. The van der Waals surface area contributed by atoms with Crippen molar-refractivity contribution in [2.45, 2.75) is 46.2 Å². The predicted molar refractivity (Wildman–Crippen MR) is 82.1 cm³/mol. The fraction of sp³-hybridized carbons (Fsp3) is 0.571. The lowest BCUT2D eigenvalue weighted by Gasteiger charge is -2.13. The van der Waals surface area contributed by atoms with Crippen molar-refractivity contribution in [1.82, 2.24) is 30.3 Å². The van der Waals surface area contributed by atoms with Gasteiger partial charge in [0.05, 0.1) is 5.69 Å². The van der Waals surface area contributed by atoms with Gasteiger partial charge >= 0.3 is 0 Å². The van der Waals surface area contributed by atoms with Crippen LogP contribution in [-0.2, 0) is 11.2 Å². The number of aryl methyl sites for hydroxylation is 2. The molecule has 0 saturated heterocycles. The van der Waals surface area contributed by atoms with Crippen LogP contribution in [0.1, 0.15) is 48.7 Å². The zero-order valence-corrected chi connectivity index (χ0v) is 13.4. The Bertz CT molecular complexity index is 624. The number of hydrogen-bond acceptors (Lipinski definition) is 5. The molecule has 0 aliphatic heterocycles. The van der Waals surface area contributed by atoms with Gasteiger partial charge in [0.2, 0.25) is 5.91 Å². The molecule has 8 heteroatoms. The number of H-pyrrole nitrogens is 1. The molecule has 22 heavy (non-hydrogen) atoms. The van der Waals surface area contributed by atoms with Crippen molar-refractivity contribution >= 4 is 5.91 Å². The van der Waals surface area contributed by atoms with Crippen LogP contribution >= 0.6 is 0 Å². The maximum atomic E-state index is 12.2. The van der Waals surface area contributed by atoms with Gasteiger partial charge in [-0.15, -0.1) is 10.2 Å². The SMILES string of the molecule is Cc1n[nH]c(C)c1[C@H](N)C(=O)NCCc1nncn1C(C)C. The molecular weight excluding hydrogens is 282 g/mol. The zero-order valence-electron chi connectivity index (χ0n) is 13.4. The van der Waals surface area contributed by atoms with E-state index in [4.69, 9.17) is 5.73 Å². The molecule has 4 N–H and O–H groups in total. The molecule has 0 bridgehead atoms. The molecule has 2 rings (SSSR count). The summed E-state index contributed by atoms with van der Waals surface area (Å²) in [6, 6.07) is -0.430. The number of nitrogens with two attached hydrogens (primary N) is 1. The minimum absolute atomic E-state index is 0.219. The maximum absolute atomic E-state index is 12.2. The van der Waals surface area contributed by atoms with Crippen LogP contribution in [0.3, 0.4) is 0 Å². The summed E-state index contributed by atoms with van der Waals surface area (Å²) in [7, 11) is 0. The highest BCUT2D eigenvalue weighted by Crippen LogP contribution is 2.17. The maximum Gasteiger partial charge on any atom is 0.241 e.